The second-order valence-electron chi connectivity index (χ2n) is 11.0. The maximum absolute atomic E-state index is 15.3. The zero-order valence-corrected chi connectivity index (χ0v) is 25.1. The van der Waals surface area contributed by atoms with Gasteiger partial charge in [-0.25, -0.2) is 32.6 Å². The van der Waals surface area contributed by atoms with Gasteiger partial charge in [0, 0.05) is 28.5 Å². The number of benzene rings is 3. The Kier molecular flexibility index (Phi) is 7.80. The first-order valence-electron chi connectivity index (χ1n) is 13.7. The molecule has 2 aromatic heterocycles. The highest BCUT2D eigenvalue weighted by molar-refractivity contribution is 7.82. The first kappa shape index (κ1) is 29.0. The van der Waals surface area contributed by atoms with E-state index in [1.54, 1.807) is 22.9 Å². The predicted octanol–water partition coefficient (Wildman–Crippen LogP) is 6.78. The summed E-state index contributed by atoms with van der Waals surface area (Å²) in [7, 11) is -1.96. The molecule has 2 heterocycles. The first-order valence-corrected chi connectivity index (χ1v) is 15.8. The normalized spacial score (nSPS) is 13.8. The molecule has 3 N–H and O–H groups in total. The van der Waals surface area contributed by atoms with Crippen LogP contribution in [0.2, 0.25) is 0 Å². The zero-order chi connectivity index (χ0) is 30.4. The lowest BCUT2D eigenvalue weighted by molar-refractivity contribution is 0.0691. The van der Waals surface area contributed by atoms with Gasteiger partial charge in [-0.05, 0) is 80.5 Å². The van der Waals surface area contributed by atoms with Crippen molar-refractivity contribution in [2.75, 3.05) is 0 Å². The van der Waals surface area contributed by atoms with Gasteiger partial charge in [0.05, 0.1) is 16.3 Å². The van der Waals surface area contributed by atoms with Crippen LogP contribution in [-0.2, 0) is 23.8 Å². The Bertz CT molecular complexity index is 1890. The highest BCUT2D eigenvalue weighted by atomic mass is 32.2. The van der Waals surface area contributed by atoms with Crippen LogP contribution in [0, 0.1) is 31.4 Å². The molecular weight excluding hydrogens is 591 g/mol. The Morgan fingerprint density at radius 3 is 2.42 bits per heavy atom. The van der Waals surface area contributed by atoms with E-state index in [-0.39, 0.29) is 22.8 Å². The first-order chi connectivity index (χ1) is 20.6. The average molecular weight is 619 g/mol. The fourth-order valence-electron chi connectivity index (χ4n) is 5.37. The van der Waals surface area contributed by atoms with E-state index in [4.69, 9.17) is 10.2 Å². The Morgan fingerprint density at radius 2 is 1.79 bits per heavy atom. The molecule has 7 nitrogen and oxygen atoms in total. The molecule has 1 aliphatic rings. The number of hydrogen-bond acceptors (Lipinski definition) is 5. The van der Waals surface area contributed by atoms with Crippen LogP contribution in [0.25, 0.3) is 27.5 Å². The van der Waals surface area contributed by atoms with Gasteiger partial charge in [-0.3, -0.25) is 0 Å². The molecule has 5 aromatic rings. The van der Waals surface area contributed by atoms with Crippen LogP contribution in [0.1, 0.15) is 51.3 Å². The van der Waals surface area contributed by atoms with E-state index in [9.17, 15) is 18.5 Å². The van der Waals surface area contributed by atoms with Crippen molar-refractivity contribution in [1.82, 2.24) is 14.8 Å². The Labute approximate surface area is 253 Å². The van der Waals surface area contributed by atoms with Crippen molar-refractivity contribution >= 4 is 28.3 Å². The molecule has 1 fully saturated rings. The molecule has 0 bridgehead atoms. The van der Waals surface area contributed by atoms with Gasteiger partial charge in [-0.1, -0.05) is 35.4 Å². The van der Waals surface area contributed by atoms with Gasteiger partial charge in [-0.15, -0.1) is 11.3 Å². The minimum absolute atomic E-state index is 0.0812. The Hall–Kier alpha value is -4.06. The fourth-order valence-corrected chi connectivity index (χ4v) is 6.60. The van der Waals surface area contributed by atoms with Crippen LogP contribution in [0.4, 0.5) is 8.78 Å². The van der Waals surface area contributed by atoms with Crippen molar-refractivity contribution in [2.24, 2.45) is 11.1 Å². The van der Waals surface area contributed by atoms with E-state index in [0.717, 1.165) is 40.8 Å². The summed E-state index contributed by atoms with van der Waals surface area (Å²) in [5, 5.41) is 21.8. The van der Waals surface area contributed by atoms with Gasteiger partial charge in [0.25, 0.3) is 0 Å². The molecule has 0 spiro atoms. The summed E-state index contributed by atoms with van der Waals surface area (Å²) in [6.45, 7) is 3.93. The van der Waals surface area contributed by atoms with Crippen molar-refractivity contribution in [3.05, 3.63) is 105 Å². The molecule has 11 heteroatoms. The zero-order valence-electron chi connectivity index (χ0n) is 23.4. The number of aromatic carboxylic acids is 1. The summed E-state index contributed by atoms with van der Waals surface area (Å²) in [5.41, 5.74) is 6.61. The summed E-state index contributed by atoms with van der Waals surface area (Å²) in [6, 6.07) is 15.2. The molecule has 0 aliphatic heterocycles. The van der Waals surface area contributed by atoms with Crippen LogP contribution in [0.3, 0.4) is 0 Å². The van der Waals surface area contributed by atoms with E-state index in [2.05, 4.69) is 4.98 Å². The lowest BCUT2D eigenvalue weighted by Gasteiger charge is -2.11. The monoisotopic (exact) mass is 618 g/mol. The number of rotatable bonds is 9. The SMILES string of the molecule is Cc1cc(C)cc(-c2cc(-c3nn(-c4nc(C(=O)O)cs4)c(CC4CC4)c3Cc3ccc(S(N)=O)c(F)c3)ccc2F)c1. The summed E-state index contributed by atoms with van der Waals surface area (Å²) < 4.78 is 43.5. The van der Waals surface area contributed by atoms with Gasteiger partial charge in [0.15, 0.2) is 5.69 Å². The third-order valence-corrected chi connectivity index (χ3v) is 9.11. The highest BCUT2D eigenvalue weighted by Gasteiger charge is 2.29. The van der Waals surface area contributed by atoms with E-state index < -0.39 is 22.8 Å². The van der Waals surface area contributed by atoms with Crippen LogP contribution >= 0.6 is 11.3 Å². The van der Waals surface area contributed by atoms with Crippen LogP contribution in [0.5, 0.6) is 0 Å². The number of thiazole rings is 1. The van der Waals surface area contributed by atoms with Gasteiger partial charge < -0.3 is 5.11 Å². The number of aromatic nitrogens is 3. The predicted molar refractivity (Wildman–Crippen MR) is 163 cm³/mol. The van der Waals surface area contributed by atoms with Crippen LogP contribution in [0.15, 0.2) is 64.9 Å². The number of nitrogens with zero attached hydrogens (tertiary/aromatic N) is 3. The standard InChI is InChI=1S/C32H28F2N4O3S2/c1-17-9-18(2)11-22(10-17)23-15-21(6-7-25(23)33)30-24(12-20-5-8-29(43(35)41)26(34)13-20)28(14-19-3-4-19)38(37-30)32-36-27(16-42-32)31(39)40/h5-11,13,15-16,19H,3-4,12,14,35H2,1-2H3,(H,39,40). The van der Waals surface area contributed by atoms with Gasteiger partial charge in [0.1, 0.15) is 22.6 Å². The maximum Gasteiger partial charge on any atom is 0.355 e. The second-order valence-corrected chi connectivity index (χ2v) is 12.8. The molecule has 1 aliphatic carbocycles. The Balaban J connectivity index is 1.55. The third kappa shape index (κ3) is 6.06. The molecule has 0 radical (unpaired) electrons. The number of carboxylic acids is 1. The molecule has 0 amide bonds. The van der Waals surface area contributed by atoms with Crippen molar-refractivity contribution in [3.8, 4) is 27.5 Å². The number of nitrogens with two attached hydrogens (primary N) is 1. The number of carboxylic acid groups (broad SMARTS) is 1. The number of halogens is 2. The molecule has 0 saturated heterocycles. The molecule has 3 aromatic carbocycles. The molecular formula is C32H28F2N4O3S2. The lowest BCUT2D eigenvalue weighted by atomic mass is 9.94. The number of carbonyl (C=O) groups is 1. The Morgan fingerprint density at radius 1 is 1.05 bits per heavy atom. The van der Waals surface area contributed by atoms with Crippen LogP contribution in [-0.4, -0.2) is 30.0 Å². The molecule has 1 unspecified atom stereocenters. The molecule has 1 saturated carbocycles. The fraction of sp³-hybridized carbons (Fsp3) is 0.219. The molecule has 43 heavy (non-hydrogen) atoms. The van der Waals surface area contributed by atoms with Crippen molar-refractivity contribution in [3.63, 3.8) is 0 Å². The van der Waals surface area contributed by atoms with Gasteiger partial charge >= 0.3 is 5.97 Å². The molecule has 220 valence electrons. The van der Waals surface area contributed by atoms with E-state index >= 15 is 4.39 Å². The van der Waals surface area contributed by atoms with Gasteiger partial charge in [-0.2, -0.15) is 5.10 Å². The summed E-state index contributed by atoms with van der Waals surface area (Å²) in [6.07, 6.45) is 3.05. The number of hydrogen-bond donors (Lipinski definition) is 2. The maximum atomic E-state index is 15.3. The molecule has 6 rings (SSSR count). The minimum Gasteiger partial charge on any atom is -0.476 e. The van der Waals surface area contributed by atoms with E-state index in [1.165, 1.54) is 34.9 Å². The van der Waals surface area contributed by atoms with Crippen LogP contribution < -0.4 is 5.14 Å². The summed E-state index contributed by atoms with van der Waals surface area (Å²) in [4.78, 5) is 15.9. The third-order valence-electron chi connectivity index (χ3n) is 7.53. The van der Waals surface area contributed by atoms with Crippen molar-refractivity contribution in [2.45, 2.75) is 44.4 Å². The van der Waals surface area contributed by atoms with Crippen molar-refractivity contribution in [1.29, 1.82) is 0 Å². The quantitative estimate of drug-likeness (QED) is 0.189. The molecule has 1 atom stereocenters. The second kappa shape index (κ2) is 11.6. The van der Waals surface area contributed by atoms with Crippen molar-refractivity contribution < 1.29 is 22.9 Å². The van der Waals surface area contributed by atoms with E-state index in [0.29, 0.717) is 39.9 Å². The number of aryl methyl sites for hydroxylation is 2. The topological polar surface area (TPSA) is 111 Å². The highest BCUT2D eigenvalue weighted by Crippen LogP contribution is 2.39. The smallest absolute Gasteiger partial charge is 0.355 e. The average Bonchev–Trinajstić information content (AvgIpc) is 3.50. The minimum atomic E-state index is -1.96. The van der Waals surface area contributed by atoms with E-state index in [1.807, 2.05) is 32.0 Å². The van der Waals surface area contributed by atoms with Gasteiger partial charge in [0.2, 0.25) is 5.13 Å². The largest absolute Gasteiger partial charge is 0.476 e. The summed E-state index contributed by atoms with van der Waals surface area (Å²) >= 11 is 1.17. The lowest BCUT2D eigenvalue weighted by Crippen LogP contribution is -2.07. The summed E-state index contributed by atoms with van der Waals surface area (Å²) in [5.74, 6) is -1.74.